The summed E-state index contributed by atoms with van der Waals surface area (Å²) in [5.41, 5.74) is 0. The van der Waals surface area contributed by atoms with Crippen LogP contribution in [0, 0.1) is 23.7 Å². The standard InChI is InChI=1S/C14H25NO2/c1-9(2)12-5-4-10(3)6-13(12)15-7-11(8-15)14(16)17/h9-13H,4-8H2,1-3H3,(H,16,17). The van der Waals surface area contributed by atoms with Crippen molar-refractivity contribution in [1.82, 2.24) is 4.90 Å². The summed E-state index contributed by atoms with van der Waals surface area (Å²) in [5, 5.41) is 8.95. The van der Waals surface area contributed by atoms with Gasteiger partial charge in [-0.15, -0.1) is 0 Å². The first-order chi connectivity index (χ1) is 7.99. The van der Waals surface area contributed by atoms with Crippen LogP contribution in [-0.2, 0) is 4.79 Å². The predicted octanol–water partition coefficient (Wildman–Crippen LogP) is 2.46. The maximum absolute atomic E-state index is 10.9. The summed E-state index contributed by atoms with van der Waals surface area (Å²) in [5.74, 6) is 1.56. The molecule has 0 bridgehead atoms. The van der Waals surface area contributed by atoms with Gasteiger partial charge in [-0.1, -0.05) is 27.2 Å². The number of likely N-dealkylation sites (tertiary alicyclic amines) is 1. The lowest BCUT2D eigenvalue weighted by molar-refractivity contribution is -0.150. The maximum atomic E-state index is 10.9. The molecule has 2 fully saturated rings. The average Bonchev–Trinajstić information content (AvgIpc) is 2.14. The first-order valence-electron chi connectivity index (χ1n) is 6.96. The van der Waals surface area contributed by atoms with Crippen LogP contribution in [0.15, 0.2) is 0 Å². The zero-order chi connectivity index (χ0) is 12.6. The van der Waals surface area contributed by atoms with E-state index in [0.29, 0.717) is 6.04 Å². The molecule has 17 heavy (non-hydrogen) atoms. The molecule has 0 amide bonds. The summed E-state index contributed by atoms with van der Waals surface area (Å²) in [6, 6.07) is 0.634. The highest BCUT2D eigenvalue weighted by Crippen LogP contribution is 2.38. The van der Waals surface area contributed by atoms with Gasteiger partial charge in [-0.2, -0.15) is 0 Å². The molecule has 3 unspecified atom stereocenters. The first-order valence-corrected chi connectivity index (χ1v) is 6.96. The number of aliphatic carboxylic acids is 1. The van der Waals surface area contributed by atoms with Crippen molar-refractivity contribution in [2.75, 3.05) is 13.1 Å². The Labute approximate surface area is 104 Å². The summed E-state index contributed by atoms with van der Waals surface area (Å²) in [7, 11) is 0. The molecule has 1 saturated heterocycles. The van der Waals surface area contributed by atoms with E-state index >= 15 is 0 Å². The average molecular weight is 239 g/mol. The Hall–Kier alpha value is -0.570. The summed E-state index contributed by atoms with van der Waals surface area (Å²) in [6.45, 7) is 8.49. The first kappa shape index (κ1) is 12.9. The maximum Gasteiger partial charge on any atom is 0.309 e. The molecule has 0 aromatic carbocycles. The van der Waals surface area contributed by atoms with Crippen molar-refractivity contribution in [1.29, 1.82) is 0 Å². The van der Waals surface area contributed by atoms with E-state index in [1.807, 2.05) is 0 Å². The van der Waals surface area contributed by atoms with Crippen LogP contribution < -0.4 is 0 Å². The molecule has 1 N–H and O–H groups in total. The molecule has 0 aromatic heterocycles. The highest BCUT2D eigenvalue weighted by atomic mass is 16.4. The monoisotopic (exact) mass is 239 g/mol. The molecule has 0 radical (unpaired) electrons. The van der Waals surface area contributed by atoms with Gasteiger partial charge in [-0.3, -0.25) is 9.69 Å². The van der Waals surface area contributed by atoms with Crippen LogP contribution in [0.3, 0.4) is 0 Å². The van der Waals surface area contributed by atoms with Gasteiger partial charge in [0.2, 0.25) is 0 Å². The minimum absolute atomic E-state index is 0.111. The van der Waals surface area contributed by atoms with Gasteiger partial charge in [0.1, 0.15) is 0 Å². The van der Waals surface area contributed by atoms with Crippen molar-refractivity contribution in [2.24, 2.45) is 23.7 Å². The number of hydrogen-bond donors (Lipinski definition) is 1. The number of nitrogens with zero attached hydrogens (tertiary/aromatic N) is 1. The SMILES string of the molecule is CC1CCC(C(C)C)C(N2CC(C(=O)O)C2)C1. The minimum atomic E-state index is -0.619. The van der Waals surface area contributed by atoms with Gasteiger partial charge in [-0.25, -0.2) is 0 Å². The number of hydrogen-bond acceptors (Lipinski definition) is 2. The molecule has 3 nitrogen and oxygen atoms in total. The predicted molar refractivity (Wildman–Crippen MR) is 67.8 cm³/mol. The third kappa shape index (κ3) is 2.65. The van der Waals surface area contributed by atoms with Crippen molar-refractivity contribution in [2.45, 2.75) is 46.1 Å². The molecule has 1 saturated carbocycles. The lowest BCUT2D eigenvalue weighted by Gasteiger charge is -2.49. The Balaban J connectivity index is 1.95. The Morgan fingerprint density at radius 3 is 2.47 bits per heavy atom. The van der Waals surface area contributed by atoms with E-state index in [9.17, 15) is 4.79 Å². The van der Waals surface area contributed by atoms with Crippen LogP contribution in [0.1, 0.15) is 40.0 Å². The van der Waals surface area contributed by atoms with Gasteiger partial charge in [-0.05, 0) is 30.6 Å². The summed E-state index contributed by atoms with van der Waals surface area (Å²) in [4.78, 5) is 13.3. The van der Waals surface area contributed by atoms with E-state index in [-0.39, 0.29) is 5.92 Å². The molecular weight excluding hydrogens is 214 g/mol. The Morgan fingerprint density at radius 2 is 1.94 bits per heavy atom. The van der Waals surface area contributed by atoms with E-state index < -0.39 is 5.97 Å². The fraction of sp³-hybridized carbons (Fsp3) is 0.929. The van der Waals surface area contributed by atoms with Gasteiger partial charge in [0, 0.05) is 19.1 Å². The van der Waals surface area contributed by atoms with E-state index in [0.717, 1.165) is 30.8 Å². The Kier molecular flexibility index (Phi) is 3.76. The molecular formula is C14H25NO2. The quantitative estimate of drug-likeness (QED) is 0.822. The second-order valence-corrected chi connectivity index (χ2v) is 6.38. The largest absolute Gasteiger partial charge is 0.481 e. The lowest BCUT2D eigenvalue weighted by atomic mass is 9.72. The molecule has 1 heterocycles. The number of carboxylic acids is 1. The van der Waals surface area contributed by atoms with Crippen molar-refractivity contribution >= 4 is 5.97 Å². The number of carboxylic acid groups (broad SMARTS) is 1. The van der Waals surface area contributed by atoms with Crippen LogP contribution in [0.25, 0.3) is 0 Å². The zero-order valence-electron chi connectivity index (χ0n) is 11.2. The summed E-state index contributed by atoms with van der Waals surface area (Å²) >= 11 is 0. The molecule has 0 spiro atoms. The Bertz CT molecular complexity index is 284. The van der Waals surface area contributed by atoms with Crippen LogP contribution in [0.2, 0.25) is 0 Å². The molecule has 2 rings (SSSR count). The van der Waals surface area contributed by atoms with Crippen molar-refractivity contribution < 1.29 is 9.90 Å². The Morgan fingerprint density at radius 1 is 1.29 bits per heavy atom. The summed E-state index contributed by atoms with van der Waals surface area (Å²) in [6.07, 6.45) is 3.92. The lowest BCUT2D eigenvalue weighted by Crippen LogP contribution is -2.58. The zero-order valence-corrected chi connectivity index (χ0v) is 11.2. The van der Waals surface area contributed by atoms with Crippen molar-refractivity contribution in [3.05, 3.63) is 0 Å². The molecule has 1 aliphatic heterocycles. The molecule has 3 atom stereocenters. The van der Waals surface area contributed by atoms with Gasteiger partial charge in [0.25, 0.3) is 0 Å². The molecule has 0 aromatic rings. The fourth-order valence-electron chi connectivity index (χ4n) is 3.51. The fourth-order valence-corrected chi connectivity index (χ4v) is 3.51. The second kappa shape index (κ2) is 4.97. The van der Waals surface area contributed by atoms with Crippen LogP contribution in [0.4, 0.5) is 0 Å². The smallest absolute Gasteiger partial charge is 0.309 e. The van der Waals surface area contributed by atoms with Crippen LogP contribution in [0.5, 0.6) is 0 Å². The number of carbonyl (C=O) groups is 1. The normalized spacial score (nSPS) is 35.9. The molecule has 1 aliphatic carbocycles. The van der Waals surface area contributed by atoms with E-state index in [1.54, 1.807) is 0 Å². The van der Waals surface area contributed by atoms with Crippen molar-refractivity contribution in [3.8, 4) is 0 Å². The van der Waals surface area contributed by atoms with Gasteiger partial charge < -0.3 is 5.11 Å². The van der Waals surface area contributed by atoms with Crippen LogP contribution in [-0.4, -0.2) is 35.1 Å². The summed E-state index contributed by atoms with van der Waals surface area (Å²) < 4.78 is 0. The molecule has 2 aliphatic rings. The van der Waals surface area contributed by atoms with Gasteiger partial charge in [0.15, 0.2) is 0 Å². The van der Waals surface area contributed by atoms with E-state index in [2.05, 4.69) is 25.7 Å². The third-order valence-corrected chi connectivity index (χ3v) is 4.72. The van der Waals surface area contributed by atoms with Crippen LogP contribution >= 0.6 is 0 Å². The van der Waals surface area contributed by atoms with Crippen molar-refractivity contribution in [3.63, 3.8) is 0 Å². The van der Waals surface area contributed by atoms with Gasteiger partial charge in [0.05, 0.1) is 5.92 Å². The topological polar surface area (TPSA) is 40.5 Å². The molecule has 98 valence electrons. The minimum Gasteiger partial charge on any atom is -0.481 e. The van der Waals surface area contributed by atoms with Gasteiger partial charge >= 0.3 is 5.97 Å². The highest BCUT2D eigenvalue weighted by molar-refractivity contribution is 5.71. The number of rotatable bonds is 3. The third-order valence-electron chi connectivity index (χ3n) is 4.72. The second-order valence-electron chi connectivity index (χ2n) is 6.38. The molecule has 3 heteroatoms. The highest BCUT2D eigenvalue weighted by Gasteiger charge is 2.42. The van der Waals surface area contributed by atoms with E-state index in [1.165, 1.54) is 19.3 Å². The van der Waals surface area contributed by atoms with E-state index in [4.69, 9.17) is 5.11 Å².